The summed E-state index contributed by atoms with van der Waals surface area (Å²) >= 11 is 0. The molecule has 1 aromatic carbocycles. The molecular formula is C10H13NO2. The molecule has 1 aliphatic rings. The second-order valence-corrected chi connectivity index (χ2v) is 3.26. The molecule has 0 radical (unpaired) electrons. The van der Waals surface area contributed by atoms with Crippen molar-refractivity contribution >= 4 is 0 Å². The first-order valence-corrected chi connectivity index (χ1v) is 4.39. The highest BCUT2D eigenvalue weighted by atomic mass is 16.5. The Bertz CT molecular complexity index is 301. The maximum absolute atomic E-state index is 9.58. The van der Waals surface area contributed by atoms with Gasteiger partial charge in [-0.05, 0) is 13.1 Å². The van der Waals surface area contributed by atoms with Gasteiger partial charge in [0.1, 0.15) is 12.0 Å². The van der Waals surface area contributed by atoms with Crippen LogP contribution in [0, 0.1) is 0 Å². The summed E-state index contributed by atoms with van der Waals surface area (Å²) in [5.74, 6) is 0.307. The van der Waals surface area contributed by atoms with Gasteiger partial charge in [-0.15, -0.1) is 0 Å². The van der Waals surface area contributed by atoms with Gasteiger partial charge in [-0.2, -0.15) is 0 Å². The molecule has 70 valence electrons. The van der Waals surface area contributed by atoms with Crippen LogP contribution in [0.1, 0.15) is 11.8 Å². The van der Waals surface area contributed by atoms with Gasteiger partial charge < -0.3 is 9.84 Å². The Hall–Kier alpha value is -1.06. The van der Waals surface area contributed by atoms with Crippen molar-refractivity contribution in [3.63, 3.8) is 0 Å². The number of hydrogen-bond donors (Lipinski definition) is 1. The average molecular weight is 179 g/mol. The topological polar surface area (TPSA) is 32.7 Å². The minimum absolute atomic E-state index is 0.0822. The summed E-state index contributed by atoms with van der Waals surface area (Å²) in [6, 6.07) is 7.30. The monoisotopic (exact) mass is 179 g/mol. The van der Waals surface area contributed by atoms with Gasteiger partial charge in [0.25, 0.3) is 0 Å². The molecular weight excluding hydrogens is 166 g/mol. The molecule has 2 rings (SSSR count). The first-order chi connectivity index (χ1) is 6.29. The van der Waals surface area contributed by atoms with Crippen LogP contribution in [0.2, 0.25) is 0 Å². The lowest BCUT2D eigenvalue weighted by molar-refractivity contribution is 0.0434. The van der Waals surface area contributed by atoms with Gasteiger partial charge in [-0.3, -0.25) is 4.90 Å². The Kier molecular flexibility index (Phi) is 2.20. The summed E-state index contributed by atoms with van der Waals surface area (Å²) in [5.41, 5.74) is 0.850. The number of benzene rings is 1. The standard InChI is InChI=1S/C10H13NO2/c1-11-6-7-13-10(11)8-4-2-3-5-9(8)12/h2-5,10,12H,6-7H2,1H3/t10-/m1/s1. The predicted molar refractivity (Wildman–Crippen MR) is 49.4 cm³/mol. The van der Waals surface area contributed by atoms with Crippen molar-refractivity contribution in [1.29, 1.82) is 0 Å². The van der Waals surface area contributed by atoms with Crippen molar-refractivity contribution in [2.45, 2.75) is 6.23 Å². The van der Waals surface area contributed by atoms with Crippen LogP contribution in [0.5, 0.6) is 5.75 Å². The fourth-order valence-corrected chi connectivity index (χ4v) is 1.58. The molecule has 3 heteroatoms. The van der Waals surface area contributed by atoms with Crippen LogP contribution in [-0.4, -0.2) is 30.2 Å². The van der Waals surface area contributed by atoms with Crippen molar-refractivity contribution in [3.8, 4) is 5.75 Å². The highest BCUT2D eigenvalue weighted by molar-refractivity contribution is 5.33. The van der Waals surface area contributed by atoms with E-state index in [2.05, 4.69) is 4.90 Å². The molecule has 0 aromatic heterocycles. The first kappa shape index (κ1) is 8.53. The number of nitrogens with zero attached hydrogens (tertiary/aromatic N) is 1. The highest BCUT2D eigenvalue weighted by Gasteiger charge is 2.25. The molecule has 1 N–H and O–H groups in total. The SMILES string of the molecule is CN1CCO[C@@H]1c1ccccc1O. The van der Waals surface area contributed by atoms with E-state index in [9.17, 15) is 5.11 Å². The zero-order chi connectivity index (χ0) is 9.26. The molecule has 1 fully saturated rings. The van der Waals surface area contributed by atoms with E-state index in [1.807, 2.05) is 25.2 Å². The second kappa shape index (κ2) is 3.36. The summed E-state index contributed by atoms with van der Waals surface area (Å²) in [5, 5.41) is 9.58. The Balaban J connectivity index is 2.29. The molecule has 0 spiro atoms. The van der Waals surface area contributed by atoms with E-state index < -0.39 is 0 Å². The highest BCUT2D eigenvalue weighted by Crippen LogP contribution is 2.30. The van der Waals surface area contributed by atoms with E-state index in [-0.39, 0.29) is 6.23 Å². The number of ether oxygens (including phenoxy) is 1. The number of phenolic OH excluding ortho intramolecular Hbond substituents is 1. The molecule has 0 amide bonds. The van der Waals surface area contributed by atoms with Crippen LogP contribution in [0.3, 0.4) is 0 Å². The Morgan fingerprint density at radius 2 is 2.23 bits per heavy atom. The van der Waals surface area contributed by atoms with E-state index in [1.54, 1.807) is 6.07 Å². The maximum atomic E-state index is 9.58. The predicted octanol–water partition coefficient (Wildman–Crippen LogP) is 1.35. The molecule has 1 saturated heterocycles. The van der Waals surface area contributed by atoms with Crippen LogP contribution < -0.4 is 0 Å². The van der Waals surface area contributed by atoms with Gasteiger partial charge in [0.15, 0.2) is 0 Å². The Labute approximate surface area is 77.6 Å². The number of para-hydroxylation sites is 1. The largest absolute Gasteiger partial charge is 0.508 e. The van der Waals surface area contributed by atoms with Gasteiger partial charge in [0.2, 0.25) is 0 Å². The molecule has 1 heterocycles. The van der Waals surface area contributed by atoms with Gasteiger partial charge in [-0.1, -0.05) is 18.2 Å². The number of aromatic hydroxyl groups is 1. The number of rotatable bonds is 1. The molecule has 0 saturated carbocycles. The van der Waals surface area contributed by atoms with Crippen molar-refractivity contribution in [2.75, 3.05) is 20.2 Å². The van der Waals surface area contributed by atoms with E-state index >= 15 is 0 Å². The number of hydrogen-bond acceptors (Lipinski definition) is 3. The van der Waals surface area contributed by atoms with Crippen molar-refractivity contribution in [1.82, 2.24) is 4.90 Å². The smallest absolute Gasteiger partial charge is 0.140 e. The fraction of sp³-hybridized carbons (Fsp3) is 0.400. The number of phenols is 1. The third-order valence-electron chi connectivity index (χ3n) is 2.32. The van der Waals surface area contributed by atoms with Crippen molar-refractivity contribution in [3.05, 3.63) is 29.8 Å². The average Bonchev–Trinajstić information content (AvgIpc) is 2.52. The van der Waals surface area contributed by atoms with Gasteiger partial charge >= 0.3 is 0 Å². The molecule has 1 atom stereocenters. The van der Waals surface area contributed by atoms with Gasteiger partial charge in [0.05, 0.1) is 6.61 Å². The van der Waals surface area contributed by atoms with E-state index in [1.165, 1.54) is 0 Å². The summed E-state index contributed by atoms with van der Waals surface area (Å²) in [6.45, 7) is 1.65. The van der Waals surface area contributed by atoms with Crippen molar-refractivity contribution < 1.29 is 9.84 Å². The van der Waals surface area contributed by atoms with Crippen LogP contribution in [0.15, 0.2) is 24.3 Å². The fourth-order valence-electron chi connectivity index (χ4n) is 1.58. The summed E-state index contributed by atoms with van der Waals surface area (Å²) in [4.78, 5) is 2.08. The van der Waals surface area contributed by atoms with E-state index in [0.29, 0.717) is 5.75 Å². The quantitative estimate of drug-likeness (QED) is 0.706. The first-order valence-electron chi connectivity index (χ1n) is 4.39. The molecule has 0 unspecified atom stereocenters. The third kappa shape index (κ3) is 1.53. The second-order valence-electron chi connectivity index (χ2n) is 3.26. The maximum Gasteiger partial charge on any atom is 0.140 e. The van der Waals surface area contributed by atoms with Crippen LogP contribution in [0.4, 0.5) is 0 Å². The summed E-state index contributed by atoms with van der Waals surface area (Å²) in [6.07, 6.45) is -0.0822. The lowest BCUT2D eigenvalue weighted by atomic mass is 10.1. The molecule has 3 nitrogen and oxygen atoms in total. The number of likely N-dealkylation sites (N-methyl/N-ethyl adjacent to an activating group) is 1. The Morgan fingerprint density at radius 3 is 2.85 bits per heavy atom. The zero-order valence-electron chi connectivity index (χ0n) is 7.60. The molecule has 13 heavy (non-hydrogen) atoms. The van der Waals surface area contributed by atoms with Gasteiger partial charge in [-0.25, -0.2) is 0 Å². The Morgan fingerprint density at radius 1 is 1.46 bits per heavy atom. The van der Waals surface area contributed by atoms with Gasteiger partial charge in [0, 0.05) is 12.1 Å². The van der Waals surface area contributed by atoms with Crippen molar-refractivity contribution in [2.24, 2.45) is 0 Å². The lowest BCUT2D eigenvalue weighted by Crippen LogP contribution is -2.18. The molecule has 1 aliphatic heterocycles. The molecule has 0 bridgehead atoms. The lowest BCUT2D eigenvalue weighted by Gasteiger charge is -2.18. The van der Waals surface area contributed by atoms with E-state index in [0.717, 1.165) is 18.7 Å². The molecule has 0 aliphatic carbocycles. The summed E-state index contributed by atoms with van der Waals surface area (Å²) in [7, 11) is 1.99. The van der Waals surface area contributed by atoms with Crippen LogP contribution in [0.25, 0.3) is 0 Å². The van der Waals surface area contributed by atoms with Crippen LogP contribution >= 0.6 is 0 Å². The summed E-state index contributed by atoms with van der Waals surface area (Å²) < 4.78 is 5.50. The minimum atomic E-state index is -0.0822. The molecule has 1 aromatic rings. The van der Waals surface area contributed by atoms with Crippen LogP contribution in [-0.2, 0) is 4.74 Å². The zero-order valence-corrected chi connectivity index (χ0v) is 7.60. The van der Waals surface area contributed by atoms with E-state index in [4.69, 9.17) is 4.74 Å². The minimum Gasteiger partial charge on any atom is -0.508 e. The normalized spacial score (nSPS) is 23.6. The third-order valence-corrected chi connectivity index (χ3v) is 2.32.